The minimum atomic E-state index is -0.370. The van der Waals surface area contributed by atoms with Crippen molar-refractivity contribution in [3.05, 3.63) is 82.1 Å². The van der Waals surface area contributed by atoms with Gasteiger partial charge in [0.15, 0.2) is 0 Å². The minimum absolute atomic E-state index is 0. The van der Waals surface area contributed by atoms with Crippen LogP contribution in [0.4, 0.5) is 5.69 Å². The van der Waals surface area contributed by atoms with Gasteiger partial charge in [-0.2, -0.15) is 0 Å². The van der Waals surface area contributed by atoms with E-state index >= 15 is 0 Å². The molecule has 0 aliphatic carbocycles. The summed E-state index contributed by atoms with van der Waals surface area (Å²) in [4.78, 5) is 16.9. The largest absolute Gasteiger partial charge is 0.461 e. The predicted octanol–water partition coefficient (Wildman–Crippen LogP) is 5.97. The van der Waals surface area contributed by atoms with Crippen molar-refractivity contribution in [3.8, 4) is 0 Å². The van der Waals surface area contributed by atoms with Crippen molar-refractivity contribution in [2.75, 3.05) is 5.32 Å². The van der Waals surface area contributed by atoms with E-state index in [2.05, 4.69) is 10.3 Å². The van der Waals surface area contributed by atoms with Crippen LogP contribution >= 0.6 is 35.6 Å². The second-order valence-electron chi connectivity index (χ2n) is 6.10. The molecule has 0 radical (unpaired) electrons. The van der Waals surface area contributed by atoms with Crippen LogP contribution in [0.15, 0.2) is 59.5 Å². The van der Waals surface area contributed by atoms with Crippen molar-refractivity contribution < 1.29 is 9.21 Å². The van der Waals surface area contributed by atoms with E-state index in [0.29, 0.717) is 27.9 Å². The average molecular weight is 437 g/mol. The normalized spacial score (nSPS) is 10.7. The van der Waals surface area contributed by atoms with E-state index in [1.165, 1.54) is 0 Å². The lowest BCUT2D eigenvalue weighted by Crippen LogP contribution is -2.13. The molecule has 4 aromatic rings. The lowest BCUT2D eigenvalue weighted by Gasteiger charge is -2.10. The highest BCUT2D eigenvalue weighted by Crippen LogP contribution is 2.33. The van der Waals surface area contributed by atoms with Crippen LogP contribution < -0.4 is 5.32 Å². The molecule has 0 spiro atoms. The molecule has 28 heavy (non-hydrogen) atoms. The maximum Gasteiger partial charge on any atom is 0.258 e. The van der Waals surface area contributed by atoms with Gasteiger partial charge in [-0.3, -0.25) is 4.79 Å². The van der Waals surface area contributed by atoms with Gasteiger partial charge in [-0.1, -0.05) is 35.3 Å². The molecule has 0 saturated carbocycles. The van der Waals surface area contributed by atoms with Gasteiger partial charge >= 0.3 is 0 Å². The summed E-state index contributed by atoms with van der Waals surface area (Å²) in [6.07, 6.45) is 5.34. The molecule has 2 aromatic heterocycles. The first-order valence-electron chi connectivity index (χ1n) is 8.26. The van der Waals surface area contributed by atoms with Crippen molar-refractivity contribution in [1.82, 2.24) is 9.55 Å². The lowest BCUT2D eigenvalue weighted by atomic mass is 10.1. The number of rotatable bonds is 4. The Morgan fingerprint density at radius 2 is 1.89 bits per heavy atom. The van der Waals surface area contributed by atoms with Crippen LogP contribution in [-0.4, -0.2) is 15.5 Å². The first-order valence-corrected chi connectivity index (χ1v) is 9.02. The molecule has 0 atom stereocenters. The summed E-state index contributed by atoms with van der Waals surface area (Å²) in [7, 11) is 0. The number of anilines is 1. The van der Waals surface area contributed by atoms with E-state index in [-0.39, 0.29) is 23.9 Å². The first-order chi connectivity index (χ1) is 13.0. The SMILES string of the molecule is Cc1oc2cccc(NC(=O)c3c(Cl)cccc3Cl)c2c1Cn1ccnc1.Cl. The van der Waals surface area contributed by atoms with Gasteiger partial charge in [-0.25, -0.2) is 4.98 Å². The number of halogens is 3. The van der Waals surface area contributed by atoms with E-state index < -0.39 is 0 Å². The third-order valence-electron chi connectivity index (χ3n) is 4.35. The van der Waals surface area contributed by atoms with Gasteiger partial charge in [-0.15, -0.1) is 12.4 Å². The maximum absolute atomic E-state index is 12.8. The first kappa shape index (κ1) is 20.3. The number of carbonyl (C=O) groups is 1. The zero-order valence-corrected chi connectivity index (χ0v) is 17.1. The molecule has 0 bridgehead atoms. The number of fused-ring (bicyclic) bond motifs is 1. The average Bonchev–Trinajstić information content (AvgIpc) is 3.24. The van der Waals surface area contributed by atoms with E-state index in [4.69, 9.17) is 27.6 Å². The monoisotopic (exact) mass is 435 g/mol. The van der Waals surface area contributed by atoms with Crippen molar-refractivity contribution in [2.24, 2.45) is 0 Å². The van der Waals surface area contributed by atoms with Crippen LogP contribution in [0.2, 0.25) is 10.0 Å². The molecule has 1 amide bonds. The fraction of sp³-hybridized carbons (Fsp3) is 0.100. The highest BCUT2D eigenvalue weighted by molar-refractivity contribution is 6.40. The van der Waals surface area contributed by atoms with Crippen LogP contribution in [0.3, 0.4) is 0 Å². The molecular weight excluding hydrogens is 421 g/mol. The molecule has 0 aliphatic rings. The second-order valence-corrected chi connectivity index (χ2v) is 6.92. The maximum atomic E-state index is 12.8. The Hall–Kier alpha value is -2.47. The third kappa shape index (κ3) is 3.74. The predicted molar refractivity (Wildman–Crippen MR) is 114 cm³/mol. The summed E-state index contributed by atoms with van der Waals surface area (Å²) in [5.41, 5.74) is 2.56. The summed E-state index contributed by atoms with van der Waals surface area (Å²) in [6, 6.07) is 10.5. The highest BCUT2D eigenvalue weighted by atomic mass is 35.5. The van der Waals surface area contributed by atoms with E-state index in [1.54, 1.807) is 30.7 Å². The topological polar surface area (TPSA) is 60.1 Å². The fourth-order valence-electron chi connectivity index (χ4n) is 3.09. The van der Waals surface area contributed by atoms with E-state index in [1.807, 2.05) is 35.9 Å². The number of nitrogens with one attached hydrogen (secondary N) is 1. The molecule has 144 valence electrons. The fourth-order valence-corrected chi connectivity index (χ4v) is 3.66. The molecule has 0 fully saturated rings. The third-order valence-corrected chi connectivity index (χ3v) is 4.98. The summed E-state index contributed by atoms with van der Waals surface area (Å²) in [6.45, 7) is 2.49. The highest BCUT2D eigenvalue weighted by Gasteiger charge is 2.19. The molecule has 8 heteroatoms. The quantitative estimate of drug-likeness (QED) is 0.429. The Morgan fingerprint density at radius 3 is 2.57 bits per heavy atom. The van der Waals surface area contributed by atoms with Crippen LogP contribution in [0.1, 0.15) is 21.7 Å². The number of aromatic nitrogens is 2. The van der Waals surface area contributed by atoms with Crippen LogP contribution in [0.5, 0.6) is 0 Å². The molecule has 5 nitrogen and oxygen atoms in total. The van der Waals surface area contributed by atoms with Crippen LogP contribution in [-0.2, 0) is 6.54 Å². The van der Waals surface area contributed by atoms with E-state index in [0.717, 1.165) is 16.7 Å². The number of benzene rings is 2. The summed E-state index contributed by atoms with van der Waals surface area (Å²) in [5.74, 6) is 0.418. The summed E-state index contributed by atoms with van der Waals surface area (Å²) < 4.78 is 7.83. The van der Waals surface area contributed by atoms with Gasteiger partial charge in [0, 0.05) is 23.3 Å². The molecule has 0 aliphatic heterocycles. The molecule has 2 heterocycles. The van der Waals surface area contributed by atoms with Crippen molar-refractivity contribution >= 4 is 58.2 Å². The van der Waals surface area contributed by atoms with E-state index in [9.17, 15) is 4.79 Å². The number of amides is 1. The smallest absolute Gasteiger partial charge is 0.258 e. The second kappa shape index (κ2) is 8.27. The number of nitrogens with zero attached hydrogens (tertiary/aromatic N) is 2. The zero-order chi connectivity index (χ0) is 19.0. The van der Waals surface area contributed by atoms with Gasteiger partial charge in [0.2, 0.25) is 0 Å². The van der Waals surface area contributed by atoms with Crippen LogP contribution in [0, 0.1) is 6.92 Å². The van der Waals surface area contributed by atoms with Crippen molar-refractivity contribution in [3.63, 3.8) is 0 Å². The molecule has 2 aromatic carbocycles. The Balaban J connectivity index is 0.00000225. The molecule has 4 rings (SSSR count). The number of hydrogen-bond acceptors (Lipinski definition) is 3. The Morgan fingerprint density at radius 1 is 1.18 bits per heavy atom. The molecular formula is C20H16Cl3N3O2. The Kier molecular flexibility index (Phi) is 5.98. The number of hydrogen-bond donors (Lipinski definition) is 1. The molecule has 0 unspecified atom stereocenters. The Labute approximate surface area is 177 Å². The number of aryl methyl sites for hydroxylation is 1. The van der Waals surface area contributed by atoms with Gasteiger partial charge in [0.25, 0.3) is 5.91 Å². The van der Waals surface area contributed by atoms with Gasteiger partial charge in [0.05, 0.1) is 34.2 Å². The zero-order valence-electron chi connectivity index (χ0n) is 14.8. The Bertz CT molecular complexity index is 1120. The standard InChI is InChI=1S/C20H15Cl2N3O2.ClH/c1-12-13(10-25-9-8-23-11-25)18-16(6-3-7-17(18)27-12)24-20(26)19-14(21)4-2-5-15(19)22;/h2-9,11H,10H2,1H3,(H,24,26);1H. The van der Waals surface area contributed by atoms with Gasteiger partial charge in [0.1, 0.15) is 11.3 Å². The van der Waals surface area contributed by atoms with Crippen molar-refractivity contribution in [2.45, 2.75) is 13.5 Å². The lowest BCUT2D eigenvalue weighted by molar-refractivity contribution is 0.102. The van der Waals surface area contributed by atoms with Gasteiger partial charge < -0.3 is 14.3 Å². The molecule has 0 saturated heterocycles. The van der Waals surface area contributed by atoms with Crippen LogP contribution in [0.25, 0.3) is 11.0 Å². The van der Waals surface area contributed by atoms with Crippen molar-refractivity contribution in [1.29, 1.82) is 0 Å². The number of imidazole rings is 1. The summed E-state index contributed by atoms with van der Waals surface area (Å²) in [5, 5.41) is 4.37. The molecule has 1 N–H and O–H groups in total. The summed E-state index contributed by atoms with van der Waals surface area (Å²) >= 11 is 12.3. The number of carbonyl (C=O) groups excluding carboxylic acids is 1. The van der Waals surface area contributed by atoms with Gasteiger partial charge in [-0.05, 0) is 31.2 Å². The minimum Gasteiger partial charge on any atom is -0.461 e. The number of furan rings is 1.